The summed E-state index contributed by atoms with van der Waals surface area (Å²) >= 11 is 1.47. The number of hydrogen-bond acceptors (Lipinski definition) is 4. The smallest absolute Gasteiger partial charge is 0.322 e. The number of likely N-dealkylation sites (tertiary alicyclic amines) is 1. The molecule has 2 aromatic heterocycles. The van der Waals surface area contributed by atoms with Crippen molar-refractivity contribution in [1.29, 1.82) is 0 Å². The Morgan fingerprint density at radius 2 is 2.27 bits per heavy atom. The van der Waals surface area contributed by atoms with Gasteiger partial charge in [0.1, 0.15) is 5.00 Å². The van der Waals surface area contributed by atoms with E-state index in [9.17, 15) is 4.79 Å². The SMILES string of the molecule is CC(C)(C)c1ncsc1NC(=O)N1CCC(n2cccn2)C1. The fourth-order valence-corrected chi connectivity index (χ4v) is 3.56. The van der Waals surface area contributed by atoms with E-state index in [1.165, 1.54) is 11.3 Å². The number of urea groups is 1. The molecule has 1 saturated heterocycles. The first kappa shape index (κ1) is 15.0. The number of hydrogen-bond donors (Lipinski definition) is 1. The van der Waals surface area contributed by atoms with E-state index in [0.29, 0.717) is 6.54 Å². The molecule has 1 N–H and O–H groups in total. The number of amides is 2. The largest absolute Gasteiger partial charge is 0.322 e. The maximum Gasteiger partial charge on any atom is 0.322 e. The van der Waals surface area contributed by atoms with Crippen LogP contribution in [0.25, 0.3) is 0 Å². The maximum atomic E-state index is 12.5. The van der Waals surface area contributed by atoms with Gasteiger partial charge < -0.3 is 4.90 Å². The summed E-state index contributed by atoms with van der Waals surface area (Å²) in [6, 6.07) is 2.13. The highest BCUT2D eigenvalue weighted by atomic mass is 32.1. The average Bonchev–Trinajstić information content (AvgIpc) is 3.18. The third kappa shape index (κ3) is 2.99. The van der Waals surface area contributed by atoms with E-state index in [1.807, 2.05) is 21.8 Å². The summed E-state index contributed by atoms with van der Waals surface area (Å²) in [6.45, 7) is 7.74. The van der Waals surface area contributed by atoms with E-state index in [1.54, 1.807) is 11.7 Å². The summed E-state index contributed by atoms with van der Waals surface area (Å²) in [5, 5.41) is 8.13. The lowest BCUT2D eigenvalue weighted by atomic mass is 9.92. The predicted octanol–water partition coefficient (Wildman–Crippen LogP) is 3.12. The Bertz CT molecular complexity index is 643. The molecule has 0 aromatic carbocycles. The number of anilines is 1. The molecule has 2 amide bonds. The molecular formula is C15H21N5OS. The summed E-state index contributed by atoms with van der Waals surface area (Å²) in [5.74, 6) is 0. The number of nitrogens with one attached hydrogen (secondary N) is 1. The zero-order chi connectivity index (χ0) is 15.7. The van der Waals surface area contributed by atoms with Crippen molar-refractivity contribution in [3.05, 3.63) is 29.7 Å². The van der Waals surface area contributed by atoms with Crippen molar-refractivity contribution in [3.63, 3.8) is 0 Å². The summed E-state index contributed by atoms with van der Waals surface area (Å²) in [7, 11) is 0. The third-order valence-electron chi connectivity index (χ3n) is 3.85. The maximum absolute atomic E-state index is 12.5. The van der Waals surface area contributed by atoms with Gasteiger partial charge in [-0.15, -0.1) is 11.3 Å². The first-order valence-electron chi connectivity index (χ1n) is 7.44. The van der Waals surface area contributed by atoms with Gasteiger partial charge in [-0.3, -0.25) is 10.00 Å². The van der Waals surface area contributed by atoms with Crippen molar-refractivity contribution >= 4 is 22.4 Å². The van der Waals surface area contributed by atoms with Gasteiger partial charge in [-0.25, -0.2) is 9.78 Å². The summed E-state index contributed by atoms with van der Waals surface area (Å²) in [4.78, 5) is 18.7. The molecule has 118 valence electrons. The van der Waals surface area contributed by atoms with Crippen molar-refractivity contribution in [3.8, 4) is 0 Å². The van der Waals surface area contributed by atoms with Gasteiger partial charge in [0.25, 0.3) is 0 Å². The van der Waals surface area contributed by atoms with Gasteiger partial charge in [-0.2, -0.15) is 5.10 Å². The molecule has 1 fully saturated rings. The lowest BCUT2D eigenvalue weighted by Crippen LogP contribution is -2.33. The van der Waals surface area contributed by atoms with Crippen molar-refractivity contribution in [1.82, 2.24) is 19.7 Å². The average molecular weight is 319 g/mol. The van der Waals surface area contributed by atoms with Gasteiger partial charge in [0.15, 0.2) is 0 Å². The van der Waals surface area contributed by atoms with Gasteiger partial charge in [-0.1, -0.05) is 20.8 Å². The van der Waals surface area contributed by atoms with Gasteiger partial charge in [0.05, 0.1) is 17.2 Å². The van der Waals surface area contributed by atoms with Crippen molar-refractivity contribution in [2.24, 2.45) is 0 Å². The lowest BCUT2D eigenvalue weighted by Gasteiger charge is -2.20. The Balaban J connectivity index is 1.65. The molecule has 0 spiro atoms. The van der Waals surface area contributed by atoms with Crippen LogP contribution in [0, 0.1) is 0 Å². The van der Waals surface area contributed by atoms with Gasteiger partial charge in [0.2, 0.25) is 0 Å². The van der Waals surface area contributed by atoms with E-state index >= 15 is 0 Å². The second-order valence-corrected chi connectivity index (χ2v) is 7.44. The normalized spacial score (nSPS) is 18.7. The molecule has 0 bridgehead atoms. The molecule has 1 aliphatic heterocycles. The van der Waals surface area contributed by atoms with Crippen molar-refractivity contribution in [2.75, 3.05) is 18.4 Å². The Morgan fingerprint density at radius 3 is 2.95 bits per heavy atom. The van der Waals surface area contributed by atoms with Crippen LogP contribution in [-0.2, 0) is 5.41 Å². The quantitative estimate of drug-likeness (QED) is 0.925. The number of carbonyl (C=O) groups excluding carboxylic acids is 1. The predicted molar refractivity (Wildman–Crippen MR) is 87.3 cm³/mol. The summed E-state index contributed by atoms with van der Waals surface area (Å²) < 4.78 is 1.93. The van der Waals surface area contributed by atoms with Gasteiger partial charge in [-0.05, 0) is 12.5 Å². The fraction of sp³-hybridized carbons (Fsp3) is 0.533. The van der Waals surface area contributed by atoms with E-state index in [0.717, 1.165) is 23.7 Å². The molecule has 6 nitrogen and oxygen atoms in total. The molecule has 2 aromatic rings. The van der Waals surface area contributed by atoms with Crippen LogP contribution < -0.4 is 5.32 Å². The highest BCUT2D eigenvalue weighted by Crippen LogP contribution is 2.32. The Hall–Kier alpha value is -1.89. The molecule has 3 rings (SSSR count). The zero-order valence-corrected chi connectivity index (χ0v) is 13.9. The molecule has 7 heteroatoms. The molecule has 0 aliphatic carbocycles. The number of thiazole rings is 1. The van der Waals surface area contributed by atoms with Crippen LogP contribution >= 0.6 is 11.3 Å². The van der Waals surface area contributed by atoms with Crippen molar-refractivity contribution < 1.29 is 4.79 Å². The Labute approximate surface area is 134 Å². The monoisotopic (exact) mass is 319 g/mol. The van der Waals surface area contributed by atoms with Crippen molar-refractivity contribution in [2.45, 2.75) is 38.6 Å². The fourth-order valence-electron chi connectivity index (χ4n) is 2.68. The van der Waals surface area contributed by atoms with E-state index in [2.05, 4.69) is 36.2 Å². The van der Waals surface area contributed by atoms with E-state index in [-0.39, 0.29) is 17.5 Å². The topological polar surface area (TPSA) is 63.1 Å². The number of nitrogens with zero attached hydrogens (tertiary/aromatic N) is 4. The second-order valence-electron chi connectivity index (χ2n) is 6.58. The number of rotatable bonds is 2. The zero-order valence-electron chi connectivity index (χ0n) is 13.1. The van der Waals surface area contributed by atoms with Crippen LogP contribution in [0.1, 0.15) is 38.9 Å². The minimum absolute atomic E-state index is 0.0515. The van der Waals surface area contributed by atoms with Crippen LogP contribution in [-0.4, -0.2) is 38.8 Å². The van der Waals surface area contributed by atoms with Crippen LogP contribution in [0.2, 0.25) is 0 Å². The summed E-state index contributed by atoms with van der Waals surface area (Å²) in [6.07, 6.45) is 4.66. The van der Waals surface area contributed by atoms with Crippen LogP contribution in [0.4, 0.5) is 9.80 Å². The first-order valence-corrected chi connectivity index (χ1v) is 8.32. The third-order valence-corrected chi connectivity index (χ3v) is 4.59. The molecule has 1 unspecified atom stereocenters. The Kier molecular flexibility index (Phi) is 3.90. The standard InChI is InChI=1S/C15H21N5OS/c1-15(2,3)12-13(22-10-16-12)18-14(21)19-8-5-11(9-19)20-7-4-6-17-20/h4,6-7,10-11H,5,8-9H2,1-3H3,(H,18,21). The molecule has 1 atom stereocenters. The van der Waals surface area contributed by atoms with E-state index < -0.39 is 0 Å². The molecule has 22 heavy (non-hydrogen) atoms. The first-order chi connectivity index (χ1) is 10.4. The van der Waals surface area contributed by atoms with Gasteiger partial charge >= 0.3 is 6.03 Å². The second kappa shape index (κ2) is 5.72. The molecule has 0 saturated carbocycles. The number of carbonyl (C=O) groups is 1. The van der Waals surface area contributed by atoms with Crippen LogP contribution in [0.3, 0.4) is 0 Å². The minimum Gasteiger partial charge on any atom is -0.322 e. The van der Waals surface area contributed by atoms with Crippen LogP contribution in [0.5, 0.6) is 0 Å². The highest BCUT2D eigenvalue weighted by molar-refractivity contribution is 7.14. The lowest BCUT2D eigenvalue weighted by molar-refractivity contribution is 0.220. The minimum atomic E-state index is -0.0782. The van der Waals surface area contributed by atoms with Crippen LogP contribution in [0.15, 0.2) is 24.0 Å². The number of aromatic nitrogens is 3. The van der Waals surface area contributed by atoms with E-state index in [4.69, 9.17) is 0 Å². The molecule has 1 aliphatic rings. The molecular weight excluding hydrogens is 298 g/mol. The highest BCUT2D eigenvalue weighted by Gasteiger charge is 2.29. The van der Waals surface area contributed by atoms with Gasteiger partial charge in [0, 0.05) is 30.9 Å². The summed E-state index contributed by atoms with van der Waals surface area (Å²) in [5.41, 5.74) is 2.64. The molecule has 3 heterocycles. The molecule has 0 radical (unpaired) electrons. The Morgan fingerprint density at radius 1 is 1.45 bits per heavy atom.